The van der Waals surface area contributed by atoms with Gasteiger partial charge in [-0.25, -0.2) is 9.97 Å². The summed E-state index contributed by atoms with van der Waals surface area (Å²) in [5.41, 5.74) is 2.56. The van der Waals surface area contributed by atoms with Gasteiger partial charge in [-0.2, -0.15) is 9.78 Å². The first-order chi connectivity index (χ1) is 12.4. The molecule has 1 saturated carbocycles. The van der Waals surface area contributed by atoms with Gasteiger partial charge in [-0.15, -0.1) is 0 Å². The number of anilines is 1. The summed E-state index contributed by atoms with van der Waals surface area (Å²) in [7, 11) is 0. The topological polar surface area (TPSA) is 75.9 Å². The molecule has 7 heteroatoms. The van der Waals surface area contributed by atoms with Crippen LogP contribution in [0.3, 0.4) is 0 Å². The molecule has 0 radical (unpaired) electrons. The molecule has 1 N–H and O–H groups in total. The Balaban J connectivity index is 1.73. The largest absolute Gasteiger partial charge is 0.309 e. The third-order valence-electron chi connectivity index (χ3n) is 4.38. The van der Waals surface area contributed by atoms with Crippen molar-refractivity contribution in [1.82, 2.24) is 24.6 Å². The van der Waals surface area contributed by atoms with Crippen LogP contribution in [-0.2, 0) is 4.79 Å². The fraction of sp³-hybridized carbons (Fsp3) is 0.579. The molecular formula is C19H28N6O. The van der Waals surface area contributed by atoms with Gasteiger partial charge in [0, 0.05) is 24.0 Å². The van der Waals surface area contributed by atoms with Gasteiger partial charge in [0.15, 0.2) is 0 Å². The van der Waals surface area contributed by atoms with Gasteiger partial charge in [0.1, 0.15) is 5.82 Å². The third-order valence-corrected chi connectivity index (χ3v) is 4.38. The van der Waals surface area contributed by atoms with Crippen molar-refractivity contribution < 1.29 is 4.79 Å². The maximum absolute atomic E-state index is 12.6. The first-order valence-corrected chi connectivity index (χ1v) is 9.36. The Morgan fingerprint density at radius 1 is 1.19 bits per heavy atom. The maximum atomic E-state index is 12.6. The molecule has 2 aromatic rings. The molecule has 140 valence electrons. The molecular weight excluding hydrogens is 328 g/mol. The zero-order chi connectivity index (χ0) is 18.7. The fourth-order valence-electron chi connectivity index (χ4n) is 3.15. The second-order valence-electron chi connectivity index (χ2n) is 7.26. The van der Waals surface area contributed by atoms with Crippen LogP contribution >= 0.6 is 0 Å². The van der Waals surface area contributed by atoms with Crippen LogP contribution in [0.1, 0.15) is 43.3 Å². The van der Waals surface area contributed by atoms with Crippen LogP contribution in [0.5, 0.6) is 0 Å². The molecule has 0 aromatic carbocycles. The molecule has 1 amide bonds. The Kier molecular flexibility index (Phi) is 5.66. The van der Waals surface area contributed by atoms with Crippen molar-refractivity contribution in [3.63, 3.8) is 0 Å². The highest BCUT2D eigenvalue weighted by molar-refractivity contribution is 5.91. The lowest BCUT2D eigenvalue weighted by Gasteiger charge is -2.20. The molecule has 1 fully saturated rings. The molecule has 1 aliphatic rings. The number of amides is 1. The lowest BCUT2D eigenvalue weighted by Crippen LogP contribution is -2.35. The molecule has 3 rings (SSSR count). The van der Waals surface area contributed by atoms with Crippen LogP contribution in [0.2, 0.25) is 0 Å². The van der Waals surface area contributed by atoms with Crippen LogP contribution in [0.15, 0.2) is 12.1 Å². The van der Waals surface area contributed by atoms with E-state index in [9.17, 15) is 4.79 Å². The number of carbonyl (C=O) groups excluding carboxylic acids is 1. The van der Waals surface area contributed by atoms with Crippen molar-refractivity contribution in [1.29, 1.82) is 0 Å². The highest BCUT2D eigenvalue weighted by Crippen LogP contribution is 2.29. The Labute approximate surface area is 154 Å². The molecule has 0 saturated heterocycles. The number of hydrogen-bond donors (Lipinski definition) is 1. The number of aryl methyl sites for hydroxylation is 3. The van der Waals surface area contributed by atoms with Gasteiger partial charge < -0.3 is 5.32 Å². The molecule has 1 aliphatic carbocycles. The van der Waals surface area contributed by atoms with Gasteiger partial charge in [-0.05, 0) is 58.6 Å². The summed E-state index contributed by atoms with van der Waals surface area (Å²) in [6.45, 7) is 10.3. The summed E-state index contributed by atoms with van der Waals surface area (Å²) in [6.07, 6.45) is 3.63. The highest BCUT2D eigenvalue weighted by Gasteiger charge is 2.25. The number of aromatic nitrogens is 4. The quantitative estimate of drug-likeness (QED) is 0.787. The fourth-order valence-corrected chi connectivity index (χ4v) is 3.15. The Morgan fingerprint density at radius 3 is 2.50 bits per heavy atom. The molecule has 0 bridgehead atoms. The minimum atomic E-state index is -0.0235. The van der Waals surface area contributed by atoms with Gasteiger partial charge in [0.05, 0.1) is 12.2 Å². The van der Waals surface area contributed by atoms with Gasteiger partial charge in [-0.3, -0.25) is 9.69 Å². The van der Waals surface area contributed by atoms with Crippen molar-refractivity contribution in [2.24, 2.45) is 5.92 Å². The van der Waals surface area contributed by atoms with E-state index in [-0.39, 0.29) is 5.91 Å². The van der Waals surface area contributed by atoms with E-state index < -0.39 is 0 Å². The highest BCUT2D eigenvalue weighted by atomic mass is 16.2. The summed E-state index contributed by atoms with van der Waals surface area (Å²) in [5, 5.41) is 7.44. The minimum absolute atomic E-state index is 0.0235. The van der Waals surface area contributed by atoms with Crippen LogP contribution in [-0.4, -0.2) is 50.2 Å². The smallest absolute Gasteiger partial charge is 0.252 e. The SMILES string of the molecule is CCCN(CC(=O)Nc1cc(C)nn1-c1nc(C)cc(C)n1)CC1CC1. The van der Waals surface area contributed by atoms with Crippen LogP contribution in [0.25, 0.3) is 5.95 Å². The van der Waals surface area contributed by atoms with E-state index in [2.05, 4.69) is 32.2 Å². The number of carbonyl (C=O) groups is 1. The summed E-state index contributed by atoms with van der Waals surface area (Å²) >= 11 is 0. The van der Waals surface area contributed by atoms with Crippen molar-refractivity contribution >= 4 is 11.7 Å². The number of hydrogen-bond acceptors (Lipinski definition) is 5. The standard InChI is InChI=1S/C19H28N6O/c1-5-8-24(11-16-6-7-16)12-18(26)22-17-10-15(4)23-25(17)19-20-13(2)9-14(3)21-19/h9-10,16H,5-8,11-12H2,1-4H3,(H,22,26). The number of nitrogens with one attached hydrogen (secondary N) is 1. The van der Waals surface area contributed by atoms with Gasteiger partial charge in [0.25, 0.3) is 5.95 Å². The second kappa shape index (κ2) is 7.95. The van der Waals surface area contributed by atoms with Crippen LogP contribution < -0.4 is 5.32 Å². The molecule has 0 atom stereocenters. The van der Waals surface area contributed by atoms with E-state index >= 15 is 0 Å². The van der Waals surface area contributed by atoms with E-state index in [1.165, 1.54) is 12.8 Å². The molecule has 7 nitrogen and oxygen atoms in total. The monoisotopic (exact) mass is 356 g/mol. The molecule has 0 unspecified atom stereocenters. The molecule has 2 aromatic heterocycles. The van der Waals surface area contributed by atoms with E-state index in [0.717, 1.165) is 42.5 Å². The van der Waals surface area contributed by atoms with E-state index in [4.69, 9.17) is 0 Å². The Morgan fingerprint density at radius 2 is 1.88 bits per heavy atom. The second-order valence-corrected chi connectivity index (χ2v) is 7.26. The average Bonchev–Trinajstić information content (AvgIpc) is 3.28. The molecule has 0 aliphatic heterocycles. The predicted molar refractivity (Wildman–Crippen MR) is 101 cm³/mol. The van der Waals surface area contributed by atoms with Crippen LogP contribution in [0.4, 0.5) is 5.82 Å². The van der Waals surface area contributed by atoms with Gasteiger partial charge in [-0.1, -0.05) is 6.92 Å². The van der Waals surface area contributed by atoms with E-state index in [1.54, 1.807) is 4.68 Å². The Bertz CT molecular complexity index is 760. The number of nitrogens with zero attached hydrogens (tertiary/aromatic N) is 5. The molecule has 26 heavy (non-hydrogen) atoms. The first kappa shape index (κ1) is 18.5. The zero-order valence-electron chi connectivity index (χ0n) is 16.1. The van der Waals surface area contributed by atoms with E-state index in [1.807, 2.05) is 32.9 Å². The molecule has 0 spiro atoms. The van der Waals surface area contributed by atoms with Crippen molar-refractivity contribution in [3.05, 3.63) is 29.2 Å². The lowest BCUT2D eigenvalue weighted by molar-refractivity contribution is -0.117. The number of rotatable bonds is 8. The van der Waals surface area contributed by atoms with Crippen molar-refractivity contribution in [3.8, 4) is 5.95 Å². The normalized spacial score (nSPS) is 14.0. The van der Waals surface area contributed by atoms with Crippen molar-refractivity contribution in [2.45, 2.75) is 47.0 Å². The summed E-state index contributed by atoms with van der Waals surface area (Å²) in [6, 6.07) is 3.77. The molecule has 2 heterocycles. The third kappa shape index (κ3) is 4.88. The van der Waals surface area contributed by atoms with Gasteiger partial charge >= 0.3 is 0 Å². The Hall–Kier alpha value is -2.28. The zero-order valence-corrected chi connectivity index (χ0v) is 16.1. The summed E-state index contributed by atoms with van der Waals surface area (Å²) in [5.74, 6) is 1.84. The minimum Gasteiger partial charge on any atom is -0.309 e. The summed E-state index contributed by atoms with van der Waals surface area (Å²) in [4.78, 5) is 23.7. The average molecular weight is 356 g/mol. The van der Waals surface area contributed by atoms with E-state index in [0.29, 0.717) is 18.3 Å². The maximum Gasteiger partial charge on any atom is 0.252 e. The van der Waals surface area contributed by atoms with Crippen molar-refractivity contribution in [2.75, 3.05) is 25.0 Å². The predicted octanol–water partition coefficient (Wildman–Crippen LogP) is 2.65. The first-order valence-electron chi connectivity index (χ1n) is 9.36. The van der Waals surface area contributed by atoms with Crippen LogP contribution in [0, 0.1) is 26.7 Å². The lowest BCUT2D eigenvalue weighted by atomic mass is 10.3. The van der Waals surface area contributed by atoms with Gasteiger partial charge in [0.2, 0.25) is 5.91 Å². The summed E-state index contributed by atoms with van der Waals surface area (Å²) < 4.78 is 1.61.